The van der Waals surface area contributed by atoms with E-state index in [9.17, 15) is 5.11 Å². The number of nitrogens with zero attached hydrogens (tertiary/aromatic N) is 3. The molecule has 1 aromatic carbocycles. The molecule has 0 radical (unpaired) electrons. The van der Waals surface area contributed by atoms with E-state index in [2.05, 4.69) is 26.2 Å². The molecule has 4 nitrogen and oxygen atoms in total. The average Bonchev–Trinajstić information content (AvgIpc) is 2.72. The van der Waals surface area contributed by atoms with Crippen molar-refractivity contribution in [1.29, 1.82) is 0 Å². The summed E-state index contributed by atoms with van der Waals surface area (Å²) in [4.78, 5) is 1.12. The molecule has 0 aliphatic rings. The van der Waals surface area contributed by atoms with Gasteiger partial charge in [-0.15, -0.1) is 16.9 Å². The number of thioether (sulfide) groups is 1. The van der Waals surface area contributed by atoms with Crippen molar-refractivity contribution in [2.75, 3.05) is 5.75 Å². The van der Waals surface area contributed by atoms with Crippen LogP contribution < -0.4 is 0 Å². The first-order chi connectivity index (χ1) is 8.16. The SMILES string of the molecule is Cn1nncc1C(O)CSc1cccc(Br)c1. The lowest BCUT2D eigenvalue weighted by Gasteiger charge is -2.09. The number of aliphatic hydroxyl groups is 1. The Kier molecular flexibility index (Phi) is 4.20. The lowest BCUT2D eigenvalue weighted by molar-refractivity contribution is 0.193. The van der Waals surface area contributed by atoms with Gasteiger partial charge in [0.1, 0.15) is 6.10 Å². The van der Waals surface area contributed by atoms with Crippen LogP contribution in [-0.2, 0) is 7.05 Å². The van der Waals surface area contributed by atoms with Gasteiger partial charge in [0.05, 0.1) is 11.9 Å². The van der Waals surface area contributed by atoms with Crippen molar-refractivity contribution in [2.24, 2.45) is 7.05 Å². The van der Waals surface area contributed by atoms with E-state index in [4.69, 9.17) is 0 Å². The van der Waals surface area contributed by atoms with E-state index in [-0.39, 0.29) is 0 Å². The minimum atomic E-state index is -0.556. The van der Waals surface area contributed by atoms with Crippen molar-refractivity contribution in [1.82, 2.24) is 15.0 Å². The van der Waals surface area contributed by atoms with Crippen molar-refractivity contribution in [3.63, 3.8) is 0 Å². The van der Waals surface area contributed by atoms with Gasteiger partial charge in [0, 0.05) is 22.2 Å². The zero-order valence-electron chi connectivity index (χ0n) is 9.25. The number of hydrogen-bond donors (Lipinski definition) is 1. The van der Waals surface area contributed by atoms with Crippen LogP contribution in [-0.4, -0.2) is 25.9 Å². The van der Waals surface area contributed by atoms with Crippen LogP contribution in [0.1, 0.15) is 11.8 Å². The van der Waals surface area contributed by atoms with Crippen LogP contribution in [0.4, 0.5) is 0 Å². The molecule has 0 saturated heterocycles. The Hall–Kier alpha value is -0.850. The number of hydrogen-bond acceptors (Lipinski definition) is 4. The summed E-state index contributed by atoms with van der Waals surface area (Å²) >= 11 is 5.02. The summed E-state index contributed by atoms with van der Waals surface area (Å²) in [5.41, 5.74) is 0.729. The quantitative estimate of drug-likeness (QED) is 0.881. The van der Waals surface area contributed by atoms with Gasteiger partial charge >= 0.3 is 0 Å². The molecule has 2 aromatic rings. The fourth-order valence-corrected chi connectivity index (χ4v) is 2.87. The summed E-state index contributed by atoms with van der Waals surface area (Å²) in [5, 5.41) is 17.5. The van der Waals surface area contributed by atoms with Crippen LogP contribution in [0.3, 0.4) is 0 Å². The maximum Gasteiger partial charge on any atom is 0.107 e. The third kappa shape index (κ3) is 3.31. The Morgan fingerprint density at radius 3 is 3.00 bits per heavy atom. The van der Waals surface area contributed by atoms with Crippen molar-refractivity contribution in [3.8, 4) is 0 Å². The van der Waals surface area contributed by atoms with Gasteiger partial charge in [0.15, 0.2) is 0 Å². The normalized spacial score (nSPS) is 12.6. The van der Waals surface area contributed by atoms with Gasteiger partial charge in [0.25, 0.3) is 0 Å². The maximum absolute atomic E-state index is 9.99. The second-order valence-electron chi connectivity index (χ2n) is 3.57. The fraction of sp³-hybridized carbons (Fsp3) is 0.273. The van der Waals surface area contributed by atoms with Crippen molar-refractivity contribution in [2.45, 2.75) is 11.0 Å². The number of aliphatic hydroxyl groups excluding tert-OH is 1. The average molecular weight is 314 g/mol. The lowest BCUT2D eigenvalue weighted by atomic mass is 10.3. The highest BCUT2D eigenvalue weighted by atomic mass is 79.9. The van der Waals surface area contributed by atoms with Crippen LogP contribution in [0.15, 0.2) is 39.8 Å². The van der Waals surface area contributed by atoms with E-state index in [1.54, 1.807) is 29.7 Å². The standard InChI is InChI=1S/C11H12BrN3OS/c1-15-10(6-13-14-15)11(16)7-17-9-4-2-3-8(12)5-9/h2-6,11,16H,7H2,1H3. The summed E-state index contributed by atoms with van der Waals surface area (Å²) in [7, 11) is 1.77. The topological polar surface area (TPSA) is 50.9 Å². The molecule has 0 aliphatic carbocycles. The summed E-state index contributed by atoms with van der Waals surface area (Å²) < 4.78 is 2.63. The smallest absolute Gasteiger partial charge is 0.107 e. The summed E-state index contributed by atoms with van der Waals surface area (Å²) in [6.07, 6.45) is 1.03. The molecule has 2 rings (SSSR count). The van der Waals surface area contributed by atoms with Crippen LogP contribution >= 0.6 is 27.7 Å². The van der Waals surface area contributed by atoms with Gasteiger partial charge in [0.2, 0.25) is 0 Å². The predicted octanol–water partition coefficient (Wildman–Crippen LogP) is 2.40. The molecule has 17 heavy (non-hydrogen) atoms. The summed E-state index contributed by atoms with van der Waals surface area (Å²) in [6, 6.07) is 8.00. The van der Waals surface area contributed by atoms with Crippen LogP contribution in [0, 0.1) is 0 Å². The van der Waals surface area contributed by atoms with Gasteiger partial charge in [-0.2, -0.15) is 0 Å². The van der Waals surface area contributed by atoms with Crippen LogP contribution in [0.2, 0.25) is 0 Å². The lowest BCUT2D eigenvalue weighted by Crippen LogP contribution is -2.07. The highest BCUT2D eigenvalue weighted by Gasteiger charge is 2.12. The predicted molar refractivity (Wildman–Crippen MR) is 70.8 cm³/mol. The van der Waals surface area contributed by atoms with Gasteiger partial charge in [-0.05, 0) is 18.2 Å². The molecule has 1 N–H and O–H groups in total. The van der Waals surface area contributed by atoms with E-state index in [0.29, 0.717) is 5.75 Å². The highest BCUT2D eigenvalue weighted by Crippen LogP contribution is 2.26. The second-order valence-corrected chi connectivity index (χ2v) is 5.58. The zero-order chi connectivity index (χ0) is 12.3. The highest BCUT2D eigenvalue weighted by molar-refractivity contribution is 9.10. The van der Waals surface area contributed by atoms with E-state index in [1.165, 1.54) is 0 Å². The van der Waals surface area contributed by atoms with E-state index in [1.807, 2.05) is 24.3 Å². The number of halogens is 1. The van der Waals surface area contributed by atoms with Crippen LogP contribution in [0.5, 0.6) is 0 Å². The van der Waals surface area contributed by atoms with Gasteiger partial charge in [-0.25, -0.2) is 4.68 Å². The molecule has 90 valence electrons. The maximum atomic E-state index is 9.99. The van der Waals surface area contributed by atoms with Crippen molar-refractivity contribution >= 4 is 27.7 Å². The molecule has 6 heteroatoms. The van der Waals surface area contributed by atoms with Crippen molar-refractivity contribution < 1.29 is 5.11 Å². The van der Waals surface area contributed by atoms with Gasteiger partial charge in [-0.3, -0.25) is 0 Å². The molecular formula is C11H12BrN3OS. The molecule has 0 amide bonds. The van der Waals surface area contributed by atoms with Gasteiger partial charge in [-0.1, -0.05) is 27.2 Å². The molecule has 1 unspecified atom stereocenters. The van der Waals surface area contributed by atoms with E-state index < -0.39 is 6.10 Å². The Labute approximate surface area is 112 Å². The van der Waals surface area contributed by atoms with Crippen LogP contribution in [0.25, 0.3) is 0 Å². The first-order valence-corrected chi connectivity index (χ1v) is 6.85. The van der Waals surface area contributed by atoms with Crippen molar-refractivity contribution in [3.05, 3.63) is 40.6 Å². The Bertz CT molecular complexity index is 503. The molecule has 0 spiro atoms. The molecule has 1 heterocycles. The minimum absolute atomic E-state index is 0.556. The number of benzene rings is 1. The van der Waals surface area contributed by atoms with Gasteiger partial charge < -0.3 is 5.11 Å². The summed E-state index contributed by atoms with van der Waals surface area (Å²) in [6.45, 7) is 0. The summed E-state index contributed by atoms with van der Waals surface area (Å²) in [5.74, 6) is 0.581. The number of aromatic nitrogens is 3. The number of aryl methyl sites for hydroxylation is 1. The molecule has 1 aromatic heterocycles. The molecule has 0 aliphatic heterocycles. The first-order valence-electron chi connectivity index (χ1n) is 5.08. The Morgan fingerprint density at radius 1 is 1.53 bits per heavy atom. The third-order valence-corrected chi connectivity index (χ3v) is 3.86. The first kappa shape index (κ1) is 12.6. The Morgan fingerprint density at radius 2 is 2.35 bits per heavy atom. The zero-order valence-corrected chi connectivity index (χ0v) is 11.6. The number of rotatable bonds is 4. The third-order valence-electron chi connectivity index (χ3n) is 2.29. The fourth-order valence-electron chi connectivity index (χ4n) is 1.42. The largest absolute Gasteiger partial charge is 0.386 e. The molecule has 0 bridgehead atoms. The minimum Gasteiger partial charge on any atom is -0.386 e. The molecule has 0 saturated carbocycles. The van der Waals surface area contributed by atoms with E-state index in [0.717, 1.165) is 15.1 Å². The monoisotopic (exact) mass is 313 g/mol. The molecule has 1 atom stereocenters. The molecule has 0 fully saturated rings. The second kappa shape index (κ2) is 5.66. The molecular weight excluding hydrogens is 302 g/mol. The Balaban J connectivity index is 1.97. The van der Waals surface area contributed by atoms with E-state index >= 15 is 0 Å².